The van der Waals surface area contributed by atoms with E-state index in [4.69, 9.17) is 11.6 Å². The van der Waals surface area contributed by atoms with Gasteiger partial charge in [0.2, 0.25) is 10.0 Å². The molecule has 3 heterocycles. The molecule has 4 rings (SSSR count). The summed E-state index contributed by atoms with van der Waals surface area (Å²) in [6.45, 7) is 5.51. The van der Waals surface area contributed by atoms with Crippen molar-refractivity contribution in [3.63, 3.8) is 0 Å². The Labute approximate surface area is 170 Å². The van der Waals surface area contributed by atoms with Crippen molar-refractivity contribution in [2.75, 3.05) is 13.1 Å². The van der Waals surface area contributed by atoms with Crippen LogP contribution in [-0.4, -0.2) is 40.3 Å². The minimum Gasteiger partial charge on any atom is -0.313 e. The summed E-state index contributed by atoms with van der Waals surface area (Å²) in [6.07, 6.45) is 3.59. The van der Waals surface area contributed by atoms with Gasteiger partial charge in [-0.1, -0.05) is 11.6 Å². The molecule has 8 heteroatoms. The number of rotatable bonds is 4. The molecule has 1 saturated heterocycles. The van der Waals surface area contributed by atoms with E-state index in [1.54, 1.807) is 35.6 Å². The van der Waals surface area contributed by atoms with E-state index < -0.39 is 10.0 Å². The standard InChI is InChI=1S/C20H23ClN4O2S/c1-14-11-17(21)7-8-19(14)28(26,27)24-10-4-5-16(12-24)13-25-15(2)23-18-6-3-9-22-20(18)25/h3,6-9,11,16H,4-5,10,12-13H2,1-2H3. The third-order valence-electron chi connectivity index (χ3n) is 5.37. The zero-order valence-electron chi connectivity index (χ0n) is 16.0. The first kappa shape index (κ1) is 19.4. The Kier molecular flexibility index (Phi) is 5.16. The van der Waals surface area contributed by atoms with Gasteiger partial charge in [0.05, 0.1) is 4.90 Å². The summed E-state index contributed by atoms with van der Waals surface area (Å²) in [5.74, 6) is 1.12. The predicted molar refractivity (Wildman–Crippen MR) is 110 cm³/mol. The van der Waals surface area contributed by atoms with Crippen molar-refractivity contribution < 1.29 is 8.42 Å². The number of hydrogen-bond acceptors (Lipinski definition) is 4. The number of pyridine rings is 1. The summed E-state index contributed by atoms with van der Waals surface area (Å²) in [6, 6.07) is 8.77. The second-order valence-electron chi connectivity index (χ2n) is 7.40. The quantitative estimate of drug-likeness (QED) is 0.646. The molecule has 0 saturated carbocycles. The molecule has 1 aromatic carbocycles. The SMILES string of the molecule is Cc1cc(Cl)ccc1S(=O)(=O)N1CCCC(Cn2c(C)nc3cccnc32)C1. The first-order chi connectivity index (χ1) is 13.4. The average molecular weight is 419 g/mol. The van der Waals surface area contributed by atoms with Crippen LogP contribution in [0.1, 0.15) is 24.2 Å². The van der Waals surface area contributed by atoms with E-state index in [0.29, 0.717) is 35.1 Å². The Morgan fingerprint density at radius 2 is 2.07 bits per heavy atom. The highest BCUT2D eigenvalue weighted by Gasteiger charge is 2.31. The summed E-state index contributed by atoms with van der Waals surface area (Å²) in [7, 11) is -3.54. The molecule has 0 N–H and O–H groups in total. The molecule has 1 fully saturated rings. The third kappa shape index (κ3) is 3.54. The number of benzene rings is 1. The molecule has 2 aromatic heterocycles. The summed E-state index contributed by atoms with van der Waals surface area (Å²) >= 11 is 5.99. The van der Waals surface area contributed by atoms with Crippen LogP contribution >= 0.6 is 11.6 Å². The number of hydrogen-bond donors (Lipinski definition) is 0. The highest BCUT2D eigenvalue weighted by Crippen LogP contribution is 2.28. The van der Waals surface area contributed by atoms with E-state index in [1.807, 2.05) is 19.1 Å². The third-order valence-corrected chi connectivity index (χ3v) is 7.63. The number of fused-ring (bicyclic) bond motifs is 1. The van der Waals surface area contributed by atoms with Crippen LogP contribution in [0.15, 0.2) is 41.4 Å². The van der Waals surface area contributed by atoms with Gasteiger partial charge in [0.25, 0.3) is 0 Å². The fraction of sp³-hybridized carbons (Fsp3) is 0.400. The number of nitrogens with zero attached hydrogens (tertiary/aromatic N) is 4. The van der Waals surface area contributed by atoms with Gasteiger partial charge in [-0.25, -0.2) is 18.4 Å². The summed E-state index contributed by atoms with van der Waals surface area (Å²) in [5.41, 5.74) is 2.40. The zero-order chi connectivity index (χ0) is 19.9. The molecule has 1 aliphatic heterocycles. The number of halogens is 1. The highest BCUT2D eigenvalue weighted by molar-refractivity contribution is 7.89. The normalized spacial score (nSPS) is 18.6. The van der Waals surface area contributed by atoms with E-state index >= 15 is 0 Å². The van der Waals surface area contributed by atoms with Crippen molar-refractivity contribution in [2.45, 2.75) is 38.1 Å². The van der Waals surface area contributed by atoms with Gasteiger partial charge in [0.1, 0.15) is 11.3 Å². The van der Waals surface area contributed by atoms with Crippen LogP contribution in [0.25, 0.3) is 11.2 Å². The Morgan fingerprint density at radius 1 is 1.25 bits per heavy atom. The van der Waals surface area contributed by atoms with Gasteiger partial charge in [-0.3, -0.25) is 0 Å². The molecule has 0 bridgehead atoms. The van der Waals surface area contributed by atoms with E-state index in [1.165, 1.54) is 0 Å². The largest absolute Gasteiger partial charge is 0.313 e. The van der Waals surface area contributed by atoms with Gasteiger partial charge < -0.3 is 4.57 Å². The second kappa shape index (κ2) is 7.46. The van der Waals surface area contributed by atoms with E-state index in [2.05, 4.69) is 14.5 Å². The van der Waals surface area contributed by atoms with Crippen molar-refractivity contribution in [3.8, 4) is 0 Å². The monoisotopic (exact) mass is 418 g/mol. The van der Waals surface area contributed by atoms with Gasteiger partial charge in [-0.15, -0.1) is 0 Å². The van der Waals surface area contributed by atoms with Gasteiger partial charge in [0.15, 0.2) is 5.65 Å². The first-order valence-electron chi connectivity index (χ1n) is 9.40. The highest BCUT2D eigenvalue weighted by atomic mass is 35.5. The smallest absolute Gasteiger partial charge is 0.243 e. The Hall–Kier alpha value is -1.96. The molecule has 0 aliphatic carbocycles. The molecule has 6 nitrogen and oxygen atoms in total. The van der Waals surface area contributed by atoms with Gasteiger partial charge in [-0.2, -0.15) is 4.31 Å². The van der Waals surface area contributed by atoms with Crippen molar-refractivity contribution in [1.82, 2.24) is 18.8 Å². The van der Waals surface area contributed by atoms with Crippen LogP contribution in [0.5, 0.6) is 0 Å². The molecular weight excluding hydrogens is 396 g/mol. The first-order valence-corrected chi connectivity index (χ1v) is 11.2. The number of imidazole rings is 1. The molecule has 148 valence electrons. The summed E-state index contributed by atoms with van der Waals surface area (Å²) in [5, 5.41) is 0.544. The second-order valence-corrected chi connectivity index (χ2v) is 9.74. The molecule has 0 radical (unpaired) electrons. The maximum absolute atomic E-state index is 13.2. The zero-order valence-corrected chi connectivity index (χ0v) is 17.5. The van der Waals surface area contributed by atoms with E-state index in [0.717, 1.165) is 29.8 Å². The van der Waals surface area contributed by atoms with Crippen molar-refractivity contribution in [1.29, 1.82) is 0 Å². The minimum atomic E-state index is -3.54. The van der Waals surface area contributed by atoms with Gasteiger partial charge in [0, 0.05) is 30.9 Å². The predicted octanol–water partition coefficient (Wildman–Crippen LogP) is 3.80. The molecule has 3 aromatic rings. The fourth-order valence-electron chi connectivity index (χ4n) is 3.98. The van der Waals surface area contributed by atoms with Crippen molar-refractivity contribution in [3.05, 3.63) is 52.9 Å². The number of piperidine rings is 1. The molecule has 0 spiro atoms. The van der Waals surface area contributed by atoms with E-state index in [9.17, 15) is 8.42 Å². The summed E-state index contributed by atoms with van der Waals surface area (Å²) in [4.78, 5) is 9.37. The van der Waals surface area contributed by atoms with Gasteiger partial charge in [-0.05, 0) is 68.5 Å². The van der Waals surface area contributed by atoms with Crippen LogP contribution in [-0.2, 0) is 16.6 Å². The van der Waals surface area contributed by atoms with Crippen LogP contribution in [0.2, 0.25) is 5.02 Å². The number of sulfonamides is 1. The molecule has 1 aliphatic rings. The molecule has 0 amide bonds. The molecule has 1 atom stereocenters. The maximum atomic E-state index is 13.2. The van der Waals surface area contributed by atoms with Crippen molar-refractivity contribution in [2.24, 2.45) is 5.92 Å². The Morgan fingerprint density at radius 3 is 2.86 bits per heavy atom. The average Bonchev–Trinajstić information content (AvgIpc) is 2.97. The Bertz CT molecular complexity index is 1130. The van der Waals surface area contributed by atoms with Crippen molar-refractivity contribution >= 4 is 32.8 Å². The molecule has 1 unspecified atom stereocenters. The lowest BCUT2D eigenvalue weighted by molar-refractivity contribution is 0.245. The maximum Gasteiger partial charge on any atom is 0.243 e. The number of aromatic nitrogens is 3. The lowest BCUT2D eigenvalue weighted by Gasteiger charge is -2.32. The van der Waals surface area contributed by atoms with Crippen LogP contribution in [0.4, 0.5) is 0 Å². The van der Waals surface area contributed by atoms with E-state index in [-0.39, 0.29) is 5.92 Å². The lowest BCUT2D eigenvalue weighted by atomic mass is 9.99. The number of aryl methyl sites for hydroxylation is 2. The molecular formula is C20H23ClN4O2S. The lowest BCUT2D eigenvalue weighted by Crippen LogP contribution is -2.41. The minimum absolute atomic E-state index is 0.217. The fourth-order valence-corrected chi connectivity index (χ4v) is 5.97. The topological polar surface area (TPSA) is 68.1 Å². The Balaban J connectivity index is 1.58. The van der Waals surface area contributed by atoms with Crippen LogP contribution in [0.3, 0.4) is 0 Å². The summed E-state index contributed by atoms with van der Waals surface area (Å²) < 4.78 is 30.1. The van der Waals surface area contributed by atoms with Crippen LogP contribution < -0.4 is 0 Å². The molecule has 28 heavy (non-hydrogen) atoms. The van der Waals surface area contributed by atoms with Gasteiger partial charge >= 0.3 is 0 Å². The van der Waals surface area contributed by atoms with Crippen LogP contribution in [0, 0.1) is 19.8 Å².